The number of aliphatic hydroxyl groups is 1. The minimum absolute atomic E-state index is 0.0414. The van der Waals surface area contributed by atoms with E-state index in [0.717, 1.165) is 13.1 Å². The zero-order valence-electron chi connectivity index (χ0n) is 18.8. The van der Waals surface area contributed by atoms with Crippen LogP contribution < -0.4 is 9.47 Å². The molecule has 0 saturated carbocycles. The van der Waals surface area contributed by atoms with E-state index in [0.29, 0.717) is 48.9 Å². The molecule has 0 radical (unpaired) electrons. The van der Waals surface area contributed by atoms with Gasteiger partial charge in [0.2, 0.25) is 0 Å². The van der Waals surface area contributed by atoms with Crippen molar-refractivity contribution in [2.24, 2.45) is 0 Å². The first kappa shape index (κ1) is 22.8. The highest BCUT2D eigenvalue weighted by atomic mass is 16.5. The molecule has 2 heterocycles. The smallest absolute Gasteiger partial charge is 0.295 e. The zero-order valence-corrected chi connectivity index (χ0v) is 18.8. The number of carbonyl (C=O) groups excluding carboxylic acids is 2. The molecule has 1 N–H and O–H groups in total. The predicted octanol–water partition coefficient (Wildman–Crippen LogP) is 2.46. The fourth-order valence-corrected chi connectivity index (χ4v) is 4.31. The lowest BCUT2D eigenvalue weighted by atomic mass is 9.94. The molecule has 174 valence electrons. The van der Waals surface area contributed by atoms with E-state index < -0.39 is 17.7 Å². The second kappa shape index (κ2) is 10.1. The SMILES string of the molecule is COc1ccc(OC)c(C2/C(=C(/O)c3ccccc3)C(=O)C(=O)N2CCN2CCOCC2)c1. The van der Waals surface area contributed by atoms with Crippen molar-refractivity contribution in [3.8, 4) is 11.5 Å². The van der Waals surface area contributed by atoms with Crippen LogP contribution in [-0.4, -0.2) is 80.2 Å². The Hall–Kier alpha value is -3.36. The van der Waals surface area contributed by atoms with Crippen LogP contribution in [0.3, 0.4) is 0 Å². The highest BCUT2D eigenvalue weighted by molar-refractivity contribution is 6.46. The topological polar surface area (TPSA) is 88.5 Å². The molecule has 2 aliphatic rings. The summed E-state index contributed by atoms with van der Waals surface area (Å²) in [6.45, 7) is 3.72. The summed E-state index contributed by atoms with van der Waals surface area (Å²) in [5.41, 5.74) is 1.09. The van der Waals surface area contributed by atoms with Crippen LogP contribution in [0.25, 0.3) is 5.76 Å². The molecule has 2 aromatic carbocycles. The van der Waals surface area contributed by atoms with Crippen LogP contribution in [0, 0.1) is 0 Å². The van der Waals surface area contributed by atoms with Gasteiger partial charge in [-0.3, -0.25) is 14.5 Å². The van der Waals surface area contributed by atoms with Crippen molar-refractivity contribution in [3.05, 3.63) is 65.2 Å². The van der Waals surface area contributed by atoms with E-state index in [1.54, 1.807) is 49.6 Å². The fourth-order valence-electron chi connectivity index (χ4n) is 4.31. The molecule has 4 rings (SSSR count). The molecule has 1 amide bonds. The Kier molecular flexibility index (Phi) is 6.96. The largest absolute Gasteiger partial charge is 0.507 e. The van der Waals surface area contributed by atoms with E-state index in [2.05, 4.69) is 4.90 Å². The summed E-state index contributed by atoms with van der Waals surface area (Å²) < 4.78 is 16.4. The van der Waals surface area contributed by atoms with Crippen LogP contribution in [0.1, 0.15) is 17.2 Å². The molecule has 8 heteroatoms. The summed E-state index contributed by atoms with van der Waals surface area (Å²) in [7, 11) is 3.08. The molecule has 2 aromatic rings. The molecule has 33 heavy (non-hydrogen) atoms. The Labute approximate surface area is 193 Å². The van der Waals surface area contributed by atoms with Gasteiger partial charge in [-0.2, -0.15) is 0 Å². The lowest BCUT2D eigenvalue weighted by molar-refractivity contribution is -0.140. The molecule has 2 fully saturated rings. The highest BCUT2D eigenvalue weighted by Crippen LogP contribution is 2.43. The number of Topliss-reactive ketones (excluding diaryl/α,β-unsaturated/α-hetero) is 1. The first-order valence-corrected chi connectivity index (χ1v) is 10.9. The lowest BCUT2D eigenvalue weighted by Gasteiger charge is -2.31. The number of rotatable bonds is 7. The van der Waals surface area contributed by atoms with Gasteiger partial charge in [0.05, 0.1) is 39.0 Å². The quantitative estimate of drug-likeness (QED) is 0.392. The molecule has 2 saturated heterocycles. The number of methoxy groups -OCH3 is 2. The van der Waals surface area contributed by atoms with Crippen LogP contribution in [0.2, 0.25) is 0 Å². The summed E-state index contributed by atoms with van der Waals surface area (Å²) in [5.74, 6) is -0.510. The molecule has 2 aliphatic heterocycles. The Bertz CT molecular complexity index is 1050. The molecular weight excluding hydrogens is 424 g/mol. The average molecular weight is 453 g/mol. The van der Waals surface area contributed by atoms with Crippen LogP contribution >= 0.6 is 0 Å². The van der Waals surface area contributed by atoms with Crippen LogP contribution in [0.15, 0.2) is 54.1 Å². The van der Waals surface area contributed by atoms with E-state index >= 15 is 0 Å². The van der Waals surface area contributed by atoms with Crippen LogP contribution in [0.4, 0.5) is 0 Å². The predicted molar refractivity (Wildman–Crippen MR) is 122 cm³/mol. The summed E-state index contributed by atoms with van der Waals surface area (Å²) in [6, 6.07) is 13.2. The van der Waals surface area contributed by atoms with Crippen molar-refractivity contribution in [1.29, 1.82) is 0 Å². The van der Waals surface area contributed by atoms with Crippen molar-refractivity contribution >= 4 is 17.4 Å². The number of hydrogen-bond donors (Lipinski definition) is 1. The first-order chi connectivity index (χ1) is 16.0. The van der Waals surface area contributed by atoms with Gasteiger partial charge in [-0.15, -0.1) is 0 Å². The molecule has 0 aromatic heterocycles. The van der Waals surface area contributed by atoms with E-state index in [-0.39, 0.29) is 11.3 Å². The Morgan fingerprint density at radius 2 is 1.76 bits per heavy atom. The maximum atomic E-state index is 13.2. The van der Waals surface area contributed by atoms with Gasteiger partial charge < -0.3 is 24.2 Å². The number of morpholine rings is 1. The Balaban J connectivity index is 1.80. The minimum Gasteiger partial charge on any atom is -0.507 e. The number of aliphatic hydroxyl groups excluding tert-OH is 1. The molecular formula is C25H28N2O6. The standard InChI is InChI=1S/C25H28N2O6/c1-31-18-8-9-20(32-2)19(16-18)22-21(23(28)17-6-4-3-5-7-17)24(29)25(30)27(22)11-10-26-12-14-33-15-13-26/h3-9,16,22,28H,10-15H2,1-2H3/b23-21-. The van der Waals surface area contributed by atoms with E-state index in [4.69, 9.17) is 14.2 Å². The lowest BCUT2D eigenvalue weighted by Crippen LogP contribution is -2.42. The van der Waals surface area contributed by atoms with Gasteiger partial charge in [0.25, 0.3) is 11.7 Å². The summed E-state index contributed by atoms with van der Waals surface area (Å²) in [4.78, 5) is 30.1. The van der Waals surface area contributed by atoms with E-state index in [9.17, 15) is 14.7 Å². The average Bonchev–Trinajstić information content (AvgIpc) is 3.12. The molecule has 0 bridgehead atoms. The zero-order chi connectivity index (χ0) is 23.4. The van der Waals surface area contributed by atoms with Crippen molar-refractivity contribution in [2.75, 3.05) is 53.6 Å². The third-order valence-electron chi connectivity index (χ3n) is 6.08. The van der Waals surface area contributed by atoms with Crippen LogP contribution in [0.5, 0.6) is 11.5 Å². The van der Waals surface area contributed by atoms with Crippen molar-refractivity contribution in [2.45, 2.75) is 6.04 Å². The van der Waals surface area contributed by atoms with Gasteiger partial charge in [0.15, 0.2) is 0 Å². The number of nitrogens with zero attached hydrogens (tertiary/aromatic N) is 2. The molecule has 0 aliphatic carbocycles. The van der Waals surface area contributed by atoms with Crippen LogP contribution in [-0.2, 0) is 14.3 Å². The van der Waals surface area contributed by atoms with E-state index in [1.807, 2.05) is 6.07 Å². The van der Waals surface area contributed by atoms with E-state index in [1.165, 1.54) is 12.0 Å². The maximum Gasteiger partial charge on any atom is 0.295 e. The fraction of sp³-hybridized carbons (Fsp3) is 0.360. The highest BCUT2D eigenvalue weighted by Gasteiger charge is 2.47. The maximum absolute atomic E-state index is 13.2. The van der Waals surface area contributed by atoms with Crippen molar-refractivity contribution < 1.29 is 28.9 Å². The number of likely N-dealkylation sites (tertiary alicyclic amines) is 1. The summed E-state index contributed by atoms with van der Waals surface area (Å²) >= 11 is 0. The summed E-state index contributed by atoms with van der Waals surface area (Å²) in [5, 5.41) is 11.1. The minimum atomic E-state index is -0.809. The molecule has 1 atom stereocenters. The summed E-state index contributed by atoms with van der Waals surface area (Å²) in [6.07, 6.45) is 0. The third kappa shape index (κ3) is 4.58. The van der Waals surface area contributed by atoms with Gasteiger partial charge in [-0.1, -0.05) is 30.3 Å². The number of carbonyl (C=O) groups is 2. The Morgan fingerprint density at radius 3 is 2.42 bits per heavy atom. The normalized spacial score (nSPS) is 20.8. The number of benzene rings is 2. The number of ketones is 1. The van der Waals surface area contributed by atoms with Gasteiger partial charge in [0, 0.05) is 37.3 Å². The van der Waals surface area contributed by atoms with Crippen molar-refractivity contribution in [3.63, 3.8) is 0 Å². The number of amides is 1. The van der Waals surface area contributed by atoms with Crippen molar-refractivity contribution in [1.82, 2.24) is 9.80 Å². The number of hydrogen-bond acceptors (Lipinski definition) is 7. The number of ether oxygens (including phenoxy) is 3. The third-order valence-corrected chi connectivity index (χ3v) is 6.08. The van der Waals surface area contributed by atoms with Gasteiger partial charge in [-0.05, 0) is 18.2 Å². The first-order valence-electron chi connectivity index (χ1n) is 10.9. The Morgan fingerprint density at radius 1 is 1.03 bits per heavy atom. The van der Waals surface area contributed by atoms with Gasteiger partial charge in [-0.25, -0.2) is 0 Å². The van der Waals surface area contributed by atoms with Gasteiger partial charge in [0.1, 0.15) is 17.3 Å². The molecule has 8 nitrogen and oxygen atoms in total. The monoisotopic (exact) mass is 452 g/mol. The van der Waals surface area contributed by atoms with Gasteiger partial charge >= 0.3 is 0 Å². The molecule has 1 unspecified atom stereocenters. The second-order valence-corrected chi connectivity index (χ2v) is 7.92. The molecule has 0 spiro atoms. The second-order valence-electron chi connectivity index (χ2n) is 7.92.